The molecule has 0 atom stereocenters. The van der Waals surface area contributed by atoms with Gasteiger partial charge in [0, 0.05) is 26.8 Å². The van der Waals surface area contributed by atoms with Crippen molar-refractivity contribution in [2.75, 3.05) is 33.9 Å². The van der Waals surface area contributed by atoms with E-state index in [1.54, 1.807) is 19.2 Å². The average Bonchev–Trinajstić information content (AvgIpc) is 2.37. The van der Waals surface area contributed by atoms with Gasteiger partial charge in [0.25, 0.3) is 0 Å². The van der Waals surface area contributed by atoms with Crippen molar-refractivity contribution in [3.05, 3.63) is 35.4 Å². The highest BCUT2D eigenvalue weighted by molar-refractivity contribution is 5.89. The molecule has 1 N–H and O–H groups in total. The van der Waals surface area contributed by atoms with Gasteiger partial charge < -0.3 is 14.7 Å². The zero-order valence-corrected chi connectivity index (χ0v) is 11.1. The van der Waals surface area contributed by atoms with Crippen molar-refractivity contribution in [1.29, 1.82) is 0 Å². The van der Waals surface area contributed by atoms with Gasteiger partial charge in [-0.15, -0.1) is 0 Å². The van der Waals surface area contributed by atoms with E-state index in [-0.39, 0.29) is 0 Å². The number of carboxylic acid groups (broad SMARTS) is 1. The highest BCUT2D eigenvalue weighted by Gasteiger charge is 2.09. The molecule has 100 valence electrons. The Kier molecular flexibility index (Phi) is 6.39. The Hall–Kier alpha value is -1.39. The van der Waals surface area contributed by atoms with Crippen molar-refractivity contribution in [3.63, 3.8) is 0 Å². The van der Waals surface area contributed by atoms with E-state index in [0.29, 0.717) is 5.56 Å². The van der Waals surface area contributed by atoms with Gasteiger partial charge in [-0.2, -0.15) is 0 Å². The van der Waals surface area contributed by atoms with E-state index in [4.69, 9.17) is 9.84 Å². The predicted molar refractivity (Wildman–Crippen MR) is 71.1 cm³/mol. The first kappa shape index (κ1) is 14.7. The molecule has 1 aromatic carbocycles. The largest absolute Gasteiger partial charge is 0.478 e. The maximum absolute atomic E-state index is 11.0. The predicted octanol–water partition coefficient (Wildman–Crippen LogP) is 1.90. The lowest BCUT2D eigenvalue weighted by Gasteiger charge is -2.16. The normalized spacial score (nSPS) is 10.8. The summed E-state index contributed by atoms with van der Waals surface area (Å²) < 4.78 is 5.00. The Labute approximate surface area is 108 Å². The standard InChI is InChI=1S/C14H21NO3/c1-15(9-5-11-18-2)10-8-12-6-3-4-7-13(12)14(16)17/h3-4,6-7H,5,8-11H2,1-2H3,(H,16,17). The van der Waals surface area contributed by atoms with Crippen LogP contribution in [-0.4, -0.2) is 49.8 Å². The molecule has 0 radical (unpaired) electrons. The molecule has 0 unspecified atom stereocenters. The first-order valence-electron chi connectivity index (χ1n) is 6.14. The maximum Gasteiger partial charge on any atom is 0.335 e. The zero-order chi connectivity index (χ0) is 13.4. The van der Waals surface area contributed by atoms with Gasteiger partial charge in [0.1, 0.15) is 0 Å². The molecule has 0 fully saturated rings. The number of benzene rings is 1. The van der Waals surface area contributed by atoms with Gasteiger partial charge in [0.05, 0.1) is 5.56 Å². The number of hydrogen-bond donors (Lipinski definition) is 1. The van der Waals surface area contributed by atoms with Crippen LogP contribution in [0.1, 0.15) is 22.3 Å². The summed E-state index contributed by atoms with van der Waals surface area (Å²) in [5, 5.41) is 9.07. The van der Waals surface area contributed by atoms with Crippen LogP contribution in [0.2, 0.25) is 0 Å². The van der Waals surface area contributed by atoms with E-state index in [9.17, 15) is 4.79 Å². The minimum atomic E-state index is -0.854. The van der Waals surface area contributed by atoms with Gasteiger partial charge in [0.15, 0.2) is 0 Å². The Morgan fingerprint density at radius 1 is 1.33 bits per heavy atom. The molecular formula is C14H21NO3. The van der Waals surface area contributed by atoms with Crippen LogP contribution in [0, 0.1) is 0 Å². The number of likely N-dealkylation sites (N-methyl/N-ethyl adjacent to an activating group) is 1. The summed E-state index contributed by atoms with van der Waals surface area (Å²) in [6.45, 7) is 2.58. The molecule has 0 aliphatic heterocycles. The van der Waals surface area contributed by atoms with Crippen LogP contribution in [-0.2, 0) is 11.2 Å². The van der Waals surface area contributed by atoms with E-state index >= 15 is 0 Å². The third-order valence-electron chi connectivity index (χ3n) is 2.90. The van der Waals surface area contributed by atoms with E-state index in [1.165, 1.54) is 0 Å². The second-order valence-electron chi connectivity index (χ2n) is 4.36. The number of carbonyl (C=O) groups is 1. The van der Waals surface area contributed by atoms with Crippen LogP contribution in [0.4, 0.5) is 0 Å². The average molecular weight is 251 g/mol. The quantitative estimate of drug-likeness (QED) is 0.717. The number of ether oxygens (including phenoxy) is 1. The maximum atomic E-state index is 11.0. The van der Waals surface area contributed by atoms with Crippen molar-refractivity contribution in [2.24, 2.45) is 0 Å². The Bertz CT molecular complexity index is 379. The van der Waals surface area contributed by atoms with Crippen LogP contribution < -0.4 is 0 Å². The molecular weight excluding hydrogens is 230 g/mol. The van der Waals surface area contributed by atoms with Crippen LogP contribution in [0.5, 0.6) is 0 Å². The molecule has 0 heterocycles. The van der Waals surface area contributed by atoms with E-state index < -0.39 is 5.97 Å². The Morgan fingerprint density at radius 2 is 2.06 bits per heavy atom. The molecule has 0 aromatic heterocycles. The first-order valence-corrected chi connectivity index (χ1v) is 6.14. The van der Waals surface area contributed by atoms with Crippen molar-refractivity contribution in [1.82, 2.24) is 4.90 Å². The second kappa shape index (κ2) is 7.84. The summed E-state index contributed by atoms with van der Waals surface area (Å²) in [7, 11) is 3.74. The van der Waals surface area contributed by atoms with Crippen LogP contribution in [0.3, 0.4) is 0 Å². The molecule has 0 saturated carbocycles. The Morgan fingerprint density at radius 3 is 2.72 bits per heavy atom. The molecule has 4 nitrogen and oxygen atoms in total. The van der Waals surface area contributed by atoms with E-state index in [1.807, 2.05) is 19.2 Å². The van der Waals surface area contributed by atoms with Crippen molar-refractivity contribution < 1.29 is 14.6 Å². The van der Waals surface area contributed by atoms with Crippen molar-refractivity contribution >= 4 is 5.97 Å². The van der Waals surface area contributed by atoms with Crippen LogP contribution in [0.15, 0.2) is 24.3 Å². The monoisotopic (exact) mass is 251 g/mol. The second-order valence-corrected chi connectivity index (χ2v) is 4.36. The van der Waals surface area contributed by atoms with Gasteiger partial charge in [0.2, 0.25) is 0 Å². The minimum Gasteiger partial charge on any atom is -0.478 e. The summed E-state index contributed by atoms with van der Waals surface area (Å²) in [5.41, 5.74) is 1.30. The molecule has 0 aliphatic carbocycles. The molecule has 0 spiro atoms. The summed E-state index contributed by atoms with van der Waals surface area (Å²) in [6, 6.07) is 7.18. The molecule has 0 saturated heterocycles. The number of rotatable bonds is 8. The SMILES string of the molecule is COCCCN(C)CCc1ccccc1C(=O)O. The summed E-state index contributed by atoms with van der Waals surface area (Å²) in [5.74, 6) is -0.854. The van der Waals surface area contributed by atoms with Gasteiger partial charge in [-0.1, -0.05) is 18.2 Å². The number of carboxylic acids is 1. The summed E-state index contributed by atoms with van der Waals surface area (Å²) in [4.78, 5) is 13.2. The van der Waals surface area contributed by atoms with Gasteiger partial charge in [-0.3, -0.25) is 0 Å². The van der Waals surface area contributed by atoms with Gasteiger partial charge >= 0.3 is 5.97 Å². The minimum absolute atomic E-state index is 0.405. The van der Waals surface area contributed by atoms with Gasteiger partial charge in [-0.05, 0) is 31.5 Å². The fourth-order valence-electron chi connectivity index (χ4n) is 1.85. The number of methoxy groups -OCH3 is 1. The molecule has 4 heteroatoms. The zero-order valence-electron chi connectivity index (χ0n) is 11.1. The molecule has 0 aliphatic rings. The Balaban J connectivity index is 2.45. The molecule has 0 bridgehead atoms. The highest BCUT2D eigenvalue weighted by Crippen LogP contribution is 2.10. The third kappa shape index (κ3) is 4.85. The smallest absolute Gasteiger partial charge is 0.335 e. The number of nitrogens with zero attached hydrogens (tertiary/aromatic N) is 1. The van der Waals surface area contributed by atoms with E-state index in [2.05, 4.69) is 4.90 Å². The topological polar surface area (TPSA) is 49.8 Å². The molecule has 1 rings (SSSR count). The third-order valence-corrected chi connectivity index (χ3v) is 2.90. The lowest BCUT2D eigenvalue weighted by Crippen LogP contribution is -2.23. The number of aromatic carboxylic acids is 1. The van der Waals surface area contributed by atoms with Gasteiger partial charge in [-0.25, -0.2) is 4.79 Å². The molecule has 1 aromatic rings. The van der Waals surface area contributed by atoms with Crippen LogP contribution >= 0.6 is 0 Å². The summed E-state index contributed by atoms with van der Waals surface area (Å²) in [6.07, 6.45) is 1.75. The fraction of sp³-hybridized carbons (Fsp3) is 0.500. The van der Waals surface area contributed by atoms with Crippen LogP contribution in [0.25, 0.3) is 0 Å². The molecule has 18 heavy (non-hydrogen) atoms. The molecule has 0 amide bonds. The first-order chi connectivity index (χ1) is 8.65. The van der Waals surface area contributed by atoms with E-state index in [0.717, 1.165) is 38.1 Å². The number of hydrogen-bond acceptors (Lipinski definition) is 3. The summed E-state index contributed by atoms with van der Waals surface area (Å²) >= 11 is 0. The lowest BCUT2D eigenvalue weighted by molar-refractivity contribution is 0.0695. The highest BCUT2D eigenvalue weighted by atomic mass is 16.5. The lowest BCUT2D eigenvalue weighted by atomic mass is 10.0. The fourth-order valence-corrected chi connectivity index (χ4v) is 1.85. The van der Waals surface area contributed by atoms with Crippen molar-refractivity contribution in [3.8, 4) is 0 Å². The van der Waals surface area contributed by atoms with Crippen molar-refractivity contribution in [2.45, 2.75) is 12.8 Å².